The van der Waals surface area contributed by atoms with Gasteiger partial charge in [-0.2, -0.15) is 0 Å². The second-order valence-corrected chi connectivity index (χ2v) is 10.2. The molecule has 2 aliphatic rings. The first-order valence-electron chi connectivity index (χ1n) is 11.0. The molecule has 0 radical (unpaired) electrons. The van der Waals surface area contributed by atoms with Gasteiger partial charge in [0.1, 0.15) is 11.8 Å². The van der Waals surface area contributed by atoms with Crippen LogP contribution in [0.25, 0.3) is 0 Å². The van der Waals surface area contributed by atoms with E-state index in [2.05, 4.69) is 89.6 Å². The van der Waals surface area contributed by atoms with Gasteiger partial charge in [0.05, 0.1) is 10.9 Å². The number of nitrogens with one attached hydrogen (secondary N) is 3. The Labute approximate surface area is 198 Å². The highest BCUT2D eigenvalue weighted by molar-refractivity contribution is 8.00. The van der Waals surface area contributed by atoms with Crippen molar-refractivity contribution in [1.82, 2.24) is 0 Å². The molecule has 5 nitrogen and oxygen atoms in total. The van der Waals surface area contributed by atoms with Crippen LogP contribution in [0.3, 0.4) is 0 Å². The van der Waals surface area contributed by atoms with Gasteiger partial charge in [0, 0.05) is 27.1 Å². The molecule has 3 aromatic carbocycles. The van der Waals surface area contributed by atoms with Gasteiger partial charge in [0.2, 0.25) is 0 Å². The first-order valence-corrected chi connectivity index (χ1v) is 11.9. The molecule has 0 saturated carbocycles. The van der Waals surface area contributed by atoms with Crippen LogP contribution in [0.5, 0.6) is 0 Å². The predicted molar refractivity (Wildman–Crippen MR) is 139 cm³/mol. The molecule has 6 heteroatoms. The summed E-state index contributed by atoms with van der Waals surface area (Å²) in [6, 6.07) is 23.2. The largest absolute Gasteiger partial charge is 0.381 e. The zero-order valence-electron chi connectivity index (χ0n) is 18.6. The topological polar surface area (TPSA) is 68.8 Å². The molecule has 5 rings (SSSR count). The van der Waals surface area contributed by atoms with E-state index < -0.39 is 5.72 Å². The molecular formula is C26H35N3O2S. The van der Waals surface area contributed by atoms with Gasteiger partial charge in [-0.3, -0.25) is 0 Å². The molecule has 0 spiro atoms. The van der Waals surface area contributed by atoms with E-state index in [1.165, 1.54) is 11.1 Å². The van der Waals surface area contributed by atoms with Gasteiger partial charge in [-0.1, -0.05) is 30.3 Å². The number of thioether (sulfide) groups is 1. The number of ether oxygens (including phenoxy) is 1. The van der Waals surface area contributed by atoms with Gasteiger partial charge in [0.25, 0.3) is 0 Å². The van der Waals surface area contributed by atoms with E-state index >= 15 is 0 Å². The minimum atomic E-state index is -0.922. The second kappa shape index (κ2) is 8.35. The molecular weight excluding hydrogens is 418 g/mol. The summed E-state index contributed by atoms with van der Waals surface area (Å²) in [4.78, 5) is 1.16. The van der Waals surface area contributed by atoms with Crippen molar-refractivity contribution in [2.45, 2.75) is 55.5 Å². The Balaban J connectivity index is 0.00000144. The fourth-order valence-electron chi connectivity index (χ4n) is 3.92. The normalized spacial score (nSPS) is 26.1. The summed E-state index contributed by atoms with van der Waals surface area (Å²) in [6.07, 6.45) is -0.0286. The summed E-state index contributed by atoms with van der Waals surface area (Å²) >= 11 is 1.69. The highest BCUT2D eigenvalue weighted by atomic mass is 32.2. The maximum atomic E-state index is 10.5. The third kappa shape index (κ3) is 4.58. The summed E-state index contributed by atoms with van der Waals surface area (Å²) in [7, 11) is 0. The van der Waals surface area contributed by atoms with Gasteiger partial charge in [-0.25, -0.2) is 0 Å². The Kier molecular flexibility index (Phi) is 5.53. The minimum Gasteiger partial charge on any atom is -0.381 e. The van der Waals surface area contributed by atoms with Crippen molar-refractivity contribution in [1.29, 1.82) is 0 Å². The SMILES string of the molecule is Cc1cccc(NCc2ccc(NC3OC3c3ccc4c(c3)NC(C)(O)C(C)S4)cc2)c1.[HH].[HH].[HH]. The number of benzene rings is 3. The molecule has 0 bridgehead atoms. The van der Waals surface area contributed by atoms with Gasteiger partial charge >= 0.3 is 0 Å². The first-order chi connectivity index (χ1) is 15.4. The Morgan fingerprint density at radius 3 is 2.69 bits per heavy atom. The molecule has 4 unspecified atom stereocenters. The Morgan fingerprint density at radius 2 is 1.91 bits per heavy atom. The van der Waals surface area contributed by atoms with Crippen molar-refractivity contribution in [3.05, 3.63) is 83.4 Å². The van der Waals surface area contributed by atoms with Crippen LogP contribution in [0.2, 0.25) is 0 Å². The van der Waals surface area contributed by atoms with E-state index in [0.29, 0.717) is 0 Å². The molecule has 32 heavy (non-hydrogen) atoms. The number of aryl methyl sites for hydroxylation is 1. The summed E-state index contributed by atoms with van der Waals surface area (Å²) in [5.74, 6) is 0. The van der Waals surface area contributed by atoms with Crippen LogP contribution in [0.1, 0.15) is 40.9 Å². The van der Waals surface area contributed by atoms with E-state index in [9.17, 15) is 5.11 Å². The smallest absolute Gasteiger partial charge is 0.159 e. The second-order valence-electron chi connectivity index (χ2n) is 8.83. The minimum absolute atomic E-state index is 0. The van der Waals surface area contributed by atoms with Gasteiger partial charge in [-0.05, 0) is 73.9 Å². The van der Waals surface area contributed by atoms with Crippen LogP contribution in [0, 0.1) is 6.92 Å². The van der Waals surface area contributed by atoms with Gasteiger partial charge < -0.3 is 25.8 Å². The van der Waals surface area contributed by atoms with Crippen LogP contribution >= 0.6 is 11.8 Å². The maximum Gasteiger partial charge on any atom is 0.159 e. The molecule has 1 saturated heterocycles. The monoisotopic (exact) mass is 453 g/mol. The van der Waals surface area contributed by atoms with E-state index in [4.69, 9.17) is 4.74 Å². The van der Waals surface area contributed by atoms with Crippen molar-refractivity contribution in [3.63, 3.8) is 0 Å². The van der Waals surface area contributed by atoms with Crippen molar-refractivity contribution < 1.29 is 14.1 Å². The van der Waals surface area contributed by atoms with Gasteiger partial charge in [0.15, 0.2) is 6.23 Å². The average Bonchev–Trinajstić information content (AvgIpc) is 3.53. The third-order valence-corrected chi connectivity index (χ3v) is 7.51. The highest BCUT2D eigenvalue weighted by Crippen LogP contribution is 2.45. The lowest BCUT2D eigenvalue weighted by atomic mass is 10.1. The lowest BCUT2D eigenvalue weighted by molar-refractivity contribution is 0.0903. The summed E-state index contributed by atoms with van der Waals surface area (Å²) in [5.41, 5.74) is 5.81. The Hall–Kier alpha value is -2.67. The quantitative estimate of drug-likeness (QED) is 0.321. The number of epoxide rings is 1. The summed E-state index contributed by atoms with van der Waals surface area (Å²) in [6.45, 7) is 6.73. The number of fused-ring (bicyclic) bond motifs is 1. The lowest BCUT2D eigenvalue weighted by Crippen LogP contribution is -2.45. The van der Waals surface area contributed by atoms with Crippen LogP contribution in [0.15, 0.2) is 71.6 Å². The molecule has 172 valence electrons. The number of aliphatic hydroxyl groups is 1. The zero-order valence-corrected chi connectivity index (χ0v) is 19.4. The molecule has 0 aliphatic carbocycles. The van der Waals surface area contributed by atoms with Crippen molar-refractivity contribution in [2.24, 2.45) is 0 Å². The molecule has 2 aliphatic heterocycles. The molecule has 2 heterocycles. The number of hydrogen-bond acceptors (Lipinski definition) is 6. The van der Waals surface area contributed by atoms with Crippen molar-refractivity contribution in [2.75, 3.05) is 16.0 Å². The molecule has 3 aromatic rings. The lowest BCUT2D eigenvalue weighted by Gasteiger charge is -2.37. The number of hydrogen-bond donors (Lipinski definition) is 4. The fraction of sp³-hybridized carbons (Fsp3) is 0.308. The van der Waals surface area contributed by atoms with E-state index in [-0.39, 0.29) is 21.9 Å². The zero-order chi connectivity index (χ0) is 22.3. The maximum absolute atomic E-state index is 10.5. The summed E-state index contributed by atoms with van der Waals surface area (Å²) in [5, 5.41) is 20.8. The van der Waals surface area contributed by atoms with E-state index in [0.717, 1.165) is 34.1 Å². The number of anilines is 3. The van der Waals surface area contributed by atoms with Crippen LogP contribution in [-0.4, -0.2) is 22.3 Å². The molecule has 0 amide bonds. The fourth-order valence-corrected chi connectivity index (χ4v) is 4.98. The molecule has 1 fully saturated rings. The molecule has 0 aromatic heterocycles. The predicted octanol–water partition coefficient (Wildman–Crippen LogP) is 6.47. The molecule has 4 N–H and O–H groups in total. The third-order valence-electron chi connectivity index (χ3n) is 6.08. The Morgan fingerprint density at radius 1 is 1.09 bits per heavy atom. The molecule has 4 atom stereocenters. The van der Waals surface area contributed by atoms with Crippen molar-refractivity contribution >= 4 is 28.8 Å². The summed E-state index contributed by atoms with van der Waals surface area (Å²) < 4.78 is 5.90. The van der Waals surface area contributed by atoms with Crippen LogP contribution < -0.4 is 16.0 Å². The van der Waals surface area contributed by atoms with Gasteiger partial charge in [-0.15, -0.1) is 11.8 Å². The average molecular weight is 454 g/mol. The van der Waals surface area contributed by atoms with Crippen LogP contribution in [-0.2, 0) is 11.3 Å². The highest BCUT2D eigenvalue weighted by Gasteiger charge is 2.41. The van der Waals surface area contributed by atoms with Crippen LogP contribution in [0.4, 0.5) is 17.1 Å². The number of rotatable bonds is 6. The van der Waals surface area contributed by atoms with E-state index in [1.54, 1.807) is 11.8 Å². The Bertz CT molecular complexity index is 1130. The van der Waals surface area contributed by atoms with E-state index in [1.807, 2.05) is 13.8 Å². The standard InChI is InChI=1S/C26H29N3O2S.3H2/c1-16-5-4-6-21(13-16)27-15-18-7-10-20(11-8-18)28-25-24(31-25)19-9-12-23-22(14-19)29-26(3,30)17(2)32-23;;;/h4-14,17,24-25,27-30H,15H2,1-3H3;3*1H. The van der Waals surface area contributed by atoms with Crippen molar-refractivity contribution in [3.8, 4) is 0 Å². The first kappa shape index (κ1) is 21.2.